The van der Waals surface area contributed by atoms with Crippen molar-refractivity contribution in [2.75, 3.05) is 49.5 Å². The van der Waals surface area contributed by atoms with Crippen LogP contribution in [0.2, 0.25) is 5.02 Å². The number of piperazine rings is 1. The van der Waals surface area contributed by atoms with Gasteiger partial charge in [0.1, 0.15) is 5.82 Å². The number of nitrogens with one attached hydrogen (secondary N) is 3. The number of hydrogen-bond donors (Lipinski definition) is 3. The molecule has 3 N–H and O–H groups in total. The third-order valence-corrected chi connectivity index (χ3v) is 5.11. The van der Waals surface area contributed by atoms with Crippen LogP contribution in [0.15, 0.2) is 24.3 Å². The second-order valence-electron chi connectivity index (χ2n) is 6.63. The Hall–Kier alpha value is -0.980. The molecule has 2 saturated heterocycles. The average molecular weight is 419 g/mol. The van der Waals surface area contributed by atoms with Crippen LogP contribution in [-0.4, -0.2) is 50.3 Å². The van der Waals surface area contributed by atoms with Crippen LogP contribution in [0.3, 0.4) is 0 Å². The second-order valence-corrected chi connectivity index (χ2v) is 7.03. The van der Waals surface area contributed by atoms with Gasteiger partial charge in [-0.25, -0.2) is 4.98 Å². The lowest BCUT2D eigenvalue weighted by Gasteiger charge is -2.29. The molecule has 2 aliphatic rings. The molecule has 8 heteroatoms. The zero-order valence-corrected chi connectivity index (χ0v) is 17.0. The molecule has 0 amide bonds. The van der Waals surface area contributed by atoms with E-state index in [4.69, 9.17) is 16.6 Å². The summed E-state index contributed by atoms with van der Waals surface area (Å²) in [6, 6.07) is 8.92. The summed E-state index contributed by atoms with van der Waals surface area (Å²) < 4.78 is 0. The predicted octanol–water partition coefficient (Wildman–Crippen LogP) is 3.31. The quantitative estimate of drug-likeness (QED) is 0.714. The number of benzene rings is 1. The average Bonchev–Trinajstić information content (AvgIpc) is 2.63. The summed E-state index contributed by atoms with van der Waals surface area (Å²) in [5.74, 6) is 0.905. The Morgan fingerprint density at radius 1 is 1.08 bits per heavy atom. The van der Waals surface area contributed by atoms with Crippen molar-refractivity contribution in [3.8, 4) is 0 Å². The van der Waals surface area contributed by atoms with Crippen LogP contribution < -0.4 is 20.9 Å². The summed E-state index contributed by atoms with van der Waals surface area (Å²) in [7, 11) is 0. The molecule has 0 aliphatic carbocycles. The summed E-state index contributed by atoms with van der Waals surface area (Å²) in [6.45, 7) is 6.02. The van der Waals surface area contributed by atoms with Crippen LogP contribution in [0.25, 0.3) is 10.9 Å². The Morgan fingerprint density at radius 2 is 1.88 bits per heavy atom. The molecule has 2 aromatic rings. The van der Waals surface area contributed by atoms with Gasteiger partial charge in [0.05, 0.1) is 10.5 Å². The van der Waals surface area contributed by atoms with Gasteiger partial charge < -0.3 is 20.9 Å². The Kier molecular flexibility index (Phi) is 8.05. The van der Waals surface area contributed by atoms with Gasteiger partial charge in [-0.05, 0) is 43.7 Å². The monoisotopic (exact) mass is 417 g/mol. The van der Waals surface area contributed by atoms with E-state index in [1.54, 1.807) is 0 Å². The van der Waals surface area contributed by atoms with Crippen LogP contribution in [0.1, 0.15) is 12.8 Å². The first-order valence-electron chi connectivity index (χ1n) is 8.83. The number of anilines is 2. The first-order chi connectivity index (χ1) is 11.8. The van der Waals surface area contributed by atoms with Crippen LogP contribution >= 0.6 is 36.4 Å². The molecule has 4 rings (SSSR count). The zero-order valence-electron chi connectivity index (χ0n) is 14.6. The summed E-state index contributed by atoms with van der Waals surface area (Å²) >= 11 is 6.53. The minimum Gasteiger partial charge on any atom is -0.381 e. The Bertz CT molecular complexity index is 715. The number of halogens is 3. The number of aromatic nitrogens is 1. The van der Waals surface area contributed by atoms with Gasteiger partial charge in [0.15, 0.2) is 0 Å². The summed E-state index contributed by atoms with van der Waals surface area (Å²) in [5, 5.41) is 12.2. The lowest BCUT2D eigenvalue weighted by atomic mass is 10.1. The molecule has 26 heavy (non-hydrogen) atoms. The third-order valence-electron chi connectivity index (χ3n) is 4.83. The fraction of sp³-hybridized carbons (Fsp3) is 0.500. The summed E-state index contributed by atoms with van der Waals surface area (Å²) in [5.41, 5.74) is 2.14. The molecule has 5 nitrogen and oxygen atoms in total. The van der Waals surface area contributed by atoms with E-state index in [1.807, 2.05) is 6.07 Å². The van der Waals surface area contributed by atoms with Crippen molar-refractivity contribution in [3.63, 3.8) is 0 Å². The Labute approximate surface area is 172 Å². The predicted molar refractivity (Wildman–Crippen MR) is 116 cm³/mol. The molecule has 0 radical (unpaired) electrons. The molecule has 0 saturated carbocycles. The van der Waals surface area contributed by atoms with E-state index in [-0.39, 0.29) is 24.8 Å². The van der Waals surface area contributed by atoms with Crippen molar-refractivity contribution in [3.05, 3.63) is 29.3 Å². The topological polar surface area (TPSA) is 52.2 Å². The molecular formula is C18H26Cl3N5. The van der Waals surface area contributed by atoms with Gasteiger partial charge in [-0.1, -0.05) is 11.6 Å². The van der Waals surface area contributed by atoms with Crippen LogP contribution in [0, 0.1) is 0 Å². The van der Waals surface area contributed by atoms with Crippen LogP contribution in [0.4, 0.5) is 11.5 Å². The molecule has 0 bridgehead atoms. The minimum absolute atomic E-state index is 0. The summed E-state index contributed by atoms with van der Waals surface area (Å²) in [4.78, 5) is 7.07. The molecular weight excluding hydrogens is 393 g/mol. The highest BCUT2D eigenvalue weighted by Gasteiger charge is 2.17. The van der Waals surface area contributed by atoms with Crippen molar-refractivity contribution < 1.29 is 0 Å². The van der Waals surface area contributed by atoms with Gasteiger partial charge in [0.2, 0.25) is 0 Å². The molecule has 2 fully saturated rings. The van der Waals surface area contributed by atoms with Crippen molar-refractivity contribution in [2.45, 2.75) is 18.9 Å². The normalized spacial score (nSPS) is 20.2. The maximum atomic E-state index is 6.53. The highest BCUT2D eigenvalue weighted by Crippen LogP contribution is 2.29. The van der Waals surface area contributed by atoms with E-state index in [0.29, 0.717) is 6.04 Å². The molecule has 144 valence electrons. The highest BCUT2D eigenvalue weighted by atomic mass is 35.5. The molecule has 3 heterocycles. The molecule has 0 unspecified atom stereocenters. The van der Waals surface area contributed by atoms with Crippen LogP contribution in [0.5, 0.6) is 0 Å². The second kappa shape index (κ2) is 9.81. The molecule has 0 spiro atoms. The van der Waals surface area contributed by atoms with Gasteiger partial charge in [0, 0.05) is 49.8 Å². The number of pyridine rings is 1. The number of fused-ring (bicyclic) bond motifs is 1. The van der Waals surface area contributed by atoms with Gasteiger partial charge in [-0.3, -0.25) is 0 Å². The van der Waals surface area contributed by atoms with E-state index < -0.39 is 0 Å². The van der Waals surface area contributed by atoms with Crippen LogP contribution in [-0.2, 0) is 0 Å². The highest BCUT2D eigenvalue weighted by molar-refractivity contribution is 6.33. The van der Waals surface area contributed by atoms with E-state index in [0.717, 1.165) is 66.7 Å². The molecule has 1 aromatic carbocycles. The largest absolute Gasteiger partial charge is 0.381 e. The van der Waals surface area contributed by atoms with E-state index in [1.165, 1.54) is 12.8 Å². The molecule has 1 atom stereocenters. The zero-order chi connectivity index (χ0) is 16.4. The molecule has 1 aromatic heterocycles. The summed E-state index contributed by atoms with van der Waals surface area (Å²) in [6.07, 6.45) is 2.44. The Balaban J connectivity index is 0.00000121. The smallest absolute Gasteiger partial charge is 0.148 e. The SMILES string of the molecule is Cl.Cl.Clc1cc2cc(N[C@H]3CCCNC3)ccc2nc1N1CCNCC1. The molecule has 2 aliphatic heterocycles. The lowest BCUT2D eigenvalue weighted by molar-refractivity contribution is 0.480. The third kappa shape index (κ3) is 4.84. The van der Waals surface area contributed by atoms with Crippen molar-refractivity contribution in [1.82, 2.24) is 15.6 Å². The Morgan fingerprint density at radius 3 is 2.62 bits per heavy atom. The standard InChI is InChI=1S/C18H24ClN5.2ClH/c19-16-11-13-10-14(22-15-2-1-5-21-12-15)3-4-17(13)23-18(16)24-8-6-20-7-9-24;;/h3-4,10-11,15,20-22H,1-2,5-9,12H2;2*1H/t15-;;/m0../s1. The lowest BCUT2D eigenvalue weighted by Crippen LogP contribution is -2.44. The van der Waals surface area contributed by atoms with Crippen molar-refractivity contribution in [2.24, 2.45) is 0 Å². The first-order valence-corrected chi connectivity index (χ1v) is 9.20. The maximum absolute atomic E-state index is 6.53. The number of rotatable bonds is 3. The van der Waals surface area contributed by atoms with E-state index in [9.17, 15) is 0 Å². The maximum Gasteiger partial charge on any atom is 0.148 e. The fourth-order valence-electron chi connectivity index (χ4n) is 3.54. The van der Waals surface area contributed by atoms with Gasteiger partial charge in [-0.15, -0.1) is 24.8 Å². The minimum atomic E-state index is 0. The first kappa shape index (κ1) is 21.3. The number of hydrogen-bond acceptors (Lipinski definition) is 5. The van der Waals surface area contributed by atoms with Gasteiger partial charge >= 0.3 is 0 Å². The fourth-order valence-corrected chi connectivity index (χ4v) is 3.82. The van der Waals surface area contributed by atoms with Crippen molar-refractivity contribution >= 4 is 58.8 Å². The number of piperidine rings is 1. The van der Waals surface area contributed by atoms with Gasteiger partial charge in [-0.2, -0.15) is 0 Å². The van der Waals surface area contributed by atoms with E-state index in [2.05, 4.69) is 39.0 Å². The van der Waals surface area contributed by atoms with Gasteiger partial charge in [0.25, 0.3) is 0 Å². The van der Waals surface area contributed by atoms with Crippen molar-refractivity contribution in [1.29, 1.82) is 0 Å². The van der Waals surface area contributed by atoms with E-state index >= 15 is 0 Å². The number of nitrogens with zero attached hydrogens (tertiary/aromatic N) is 2.